The first kappa shape index (κ1) is 11.9. The Labute approximate surface area is 99.8 Å². The number of aromatic nitrogens is 3. The molecule has 1 aliphatic rings. The Bertz CT molecular complexity index is 481. The molecule has 8 heteroatoms. The van der Waals surface area contributed by atoms with Crippen molar-refractivity contribution in [3.05, 3.63) is 24.4 Å². The molecule has 0 bridgehead atoms. The molecule has 1 aromatic rings. The molecule has 7 nitrogen and oxygen atoms in total. The number of hydrogen-bond acceptors (Lipinski definition) is 6. The van der Waals surface area contributed by atoms with Gasteiger partial charge in [-0.3, -0.25) is 0 Å². The minimum atomic E-state index is -3.31. The zero-order valence-electron chi connectivity index (χ0n) is 9.23. The molecule has 0 radical (unpaired) electrons. The molecule has 0 spiro atoms. The summed E-state index contributed by atoms with van der Waals surface area (Å²) in [5.41, 5.74) is 0. The van der Waals surface area contributed by atoms with Crippen LogP contribution in [-0.2, 0) is 10.0 Å². The van der Waals surface area contributed by atoms with E-state index in [1.165, 1.54) is 10.5 Å². The number of sulfonamides is 1. The van der Waals surface area contributed by atoms with Gasteiger partial charge in [0.05, 0.1) is 12.4 Å². The van der Waals surface area contributed by atoms with Gasteiger partial charge >= 0.3 is 0 Å². The first-order valence-corrected chi connectivity index (χ1v) is 6.65. The van der Waals surface area contributed by atoms with Gasteiger partial charge in [0.25, 0.3) is 0 Å². The smallest absolute Gasteiger partial charge is 0.245 e. The Kier molecular flexibility index (Phi) is 3.34. The van der Waals surface area contributed by atoms with Crippen molar-refractivity contribution in [2.45, 2.75) is 0 Å². The van der Waals surface area contributed by atoms with Crippen LogP contribution in [0.15, 0.2) is 24.4 Å². The molecular weight excluding hydrogens is 242 g/mol. The summed E-state index contributed by atoms with van der Waals surface area (Å²) in [4.78, 5) is 5.98. The van der Waals surface area contributed by atoms with Crippen LogP contribution < -0.4 is 4.90 Å². The first-order chi connectivity index (χ1) is 8.13. The zero-order valence-corrected chi connectivity index (χ0v) is 10.0. The zero-order chi connectivity index (χ0) is 12.3. The molecule has 0 aromatic carbocycles. The fourth-order valence-electron chi connectivity index (χ4n) is 1.63. The van der Waals surface area contributed by atoms with Crippen molar-refractivity contribution in [1.82, 2.24) is 19.5 Å². The molecule has 1 fully saturated rings. The molecule has 0 atom stereocenters. The second-order valence-electron chi connectivity index (χ2n) is 3.54. The summed E-state index contributed by atoms with van der Waals surface area (Å²) in [7, 11) is -3.31. The van der Waals surface area contributed by atoms with E-state index < -0.39 is 10.0 Å². The van der Waals surface area contributed by atoms with Gasteiger partial charge in [0.15, 0.2) is 0 Å². The number of nitrogens with zero attached hydrogens (tertiary/aromatic N) is 5. The van der Waals surface area contributed by atoms with E-state index in [0.29, 0.717) is 32.1 Å². The lowest BCUT2D eigenvalue weighted by Gasteiger charge is -2.32. The van der Waals surface area contributed by atoms with Crippen LogP contribution in [0.1, 0.15) is 0 Å². The van der Waals surface area contributed by atoms with Crippen molar-refractivity contribution in [1.29, 1.82) is 0 Å². The van der Waals surface area contributed by atoms with Crippen molar-refractivity contribution in [3.63, 3.8) is 0 Å². The number of hydrogen-bond donors (Lipinski definition) is 0. The molecule has 0 amide bonds. The van der Waals surface area contributed by atoms with Crippen molar-refractivity contribution >= 4 is 16.0 Å². The molecule has 0 saturated carbocycles. The highest BCUT2D eigenvalue weighted by atomic mass is 32.2. The molecule has 92 valence electrons. The summed E-state index contributed by atoms with van der Waals surface area (Å²) in [6.07, 6.45) is 3.07. The van der Waals surface area contributed by atoms with E-state index in [9.17, 15) is 8.42 Å². The van der Waals surface area contributed by atoms with Gasteiger partial charge in [-0.15, -0.1) is 5.10 Å². The molecule has 1 aliphatic heterocycles. The average molecular weight is 255 g/mol. The number of rotatable bonds is 3. The lowest BCUT2D eigenvalue weighted by molar-refractivity contribution is 0.387. The molecule has 0 aliphatic carbocycles. The van der Waals surface area contributed by atoms with Gasteiger partial charge in [0.1, 0.15) is 0 Å². The highest BCUT2D eigenvalue weighted by molar-refractivity contribution is 7.92. The number of piperazine rings is 1. The van der Waals surface area contributed by atoms with Crippen LogP contribution in [0, 0.1) is 0 Å². The molecule has 2 heterocycles. The van der Waals surface area contributed by atoms with Crippen LogP contribution in [0.3, 0.4) is 0 Å². The van der Waals surface area contributed by atoms with Crippen LogP contribution >= 0.6 is 0 Å². The molecule has 1 aromatic heterocycles. The lowest BCUT2D eigenvalue weighted by Crippen LogP contribution is -2.48. The van der Waals surface area contributed by atoms with E-state index in [1.54, 1.807) is 6.20 Å². The van der Waals surface area contributed by atoms with E-state index in [1.807, 2.05) is 4.90 Å². The lowest BCUT2D eigenvalue weighted by atomic mass is 10.4. The topological polar surface area (TPSA) is 79.3 Å². The molecule has 17 heavy (non-hydrogen) atoms. The second kappa shape index (κ2) is 4.76. The van der Waals surface area contributed by atoms with Gasteiger partial charge in [-0.1, -0.05) is 6.58 Å². The molecule has 0 N–H and O–H groups in total. The summed E-state index contributed by atoms with van der Waals surface area (Å²) in [6.45, 7) is 5.23. The Morgan fingerprint density at radius 3 is 2.47 bits per heavy atom. The van der Waals surface area contributed by atoms with Gasteiger partial charge in [-0.05, 0) is 0 Å². The summed E-state index contributed by atoms with van der Waals surface area (Å²) < 4.78 is 24.5. The maximum atomic E-state index is 11.5. The summed E-state index contributed by atoms with van der Waals surface area (Å²) in [5.74, 6) is 0.531. The highest BCUT2D eigenvalue weighted by Gasteiger charge is 2.25. The Hall–Kier alpha value is -1.54. The van der Waals surface area contributed by atoms with Gasteiger partial charge in [-0.2, -0.15) is 9.40 Å². The standard InChI is InChI=1S/C9H13N5O2S/c1-2-17(15,16)14-7-5-13(6-8-14)9-10-3-4-11-12-9/h2-4H,1,5-8H2. The maximum absolute atomic E-state index is 11.5. The van der Waals surface area contributed by atoms with E-state index in [2.05, 4.69) is 21.8 Å². The monoisotopic (exact) mass is 255 g/mol. The van der Waals surface area contributed by atoms with Crippen LogP contribution in [-0.4, -0.2) is 54.1 Å². The first-order valence-electron chi connectivity index (χ1n) is 5.15. The van der Waals surface area contributed by atoms with Crippen molar-refractivity contribution in [2.75, 3.05) is 31.1 Å². The van der Waals surface area contributed by atoms with Crippen LogP contribution in [0.5, 0.6) is 0 Å². The highest BCUT2D eigenvalue weighted by Crippen LogP contribution is 2.12. The van der Waals surface area contributed by atoms with Crippen LogP contribution in [0.25, 0.3) is 0 Å². The number of anilines is 1. The summed E-state index contributed by atoms with van der Waals surface area (Å²) in [5, 5.41) is 8.60. The van der Waals surface area contributed by atoms with E-state index in [0.717, 1.165) is 5.41 Å². The molecule has 2 rings (SSSR count). The largest absolute Gasteiger partial charge is 0.337 e. The van der Waals surface area contributed by atoms with E-state index >= 15 is 0 Å². The maximum Gasteiger partial charge on any atom is 0.245 e. The quantitative estimate of drug-likeness (QED) is 0.722. The van der Waals surface area contributed by atoms with E-state index in [-0.39, 0.29) is 0 Å². The van der Waals surface area contributed by atoms with E-state index in [4.69, 9.17) is 0 Å². The Morgan fingerprint density at radius 1 is 1.24 bits per heavy atom. The predicted octanol–water partition coefficient (Wildman–Crippen LogP) is -0.533. The SMILES string of the molecule is C=CS(=O)(=O)N1CCN(c2nccnn2)CC1. The average Bonchev–Trinajstić information content (AvgIpc) is 2.40. The van der Waals surface area contributed by atoms with Crippen LogP contribution in [0.4, 0.5) is 5.95 Å². The van der Waals surface area contributed by atoms with Gasteiger partial charge in [0.2, 0.25) is 16.0 Å². The third-order valence-electron chi connectivity index (χ3n) is 2.56. The van der Waals surface area contributed by atoms with Crippen molar-refractivity contribution in [2.24, 2.45) is 0 Å². The third kappa shape index (κ3) is 2.59. The molecule has 1 saturated heterocycles. The predicted molar refractivity (Wildman–Crippen MR) is 62.7 cm³/mol. The van der Waals surface area contributed by atoms with Gasteiger partial charge in [-0.25, -0.2) is 13.4 Å². The van der Waals surface area contributed by atoms with Gasteiger partial charge in [0, 0.05) is 31.6 Å². The van der Waals surface area contributed by atoms with Crippen molar-refractivity contribution < 1.29 is 8.42 Å². The fourth-order valence-corrected chi connectivity index (χ4v) is 2.52. The second-order valence-corrected chi connectivity index (χ2v) is 5.42. The Morgan fingerprint density at radius 2 is 1.94 bits per heavy atom. The summed E-state index contributed by atoms with van der Waals surface area (Å²) >= 11 is 0. The third-order valence-corrected chi connectivity index (χ3v) is 4.07. The van der Waals surface area contributed by atoms with Crippen molar-refractivity contribution in [3.8, 4) is 0 Å². The normalized spacial score (nSPS) is 18.0. The molecule has 0 unspecified atom stereocenters. The Balaban J connectivity index is 2.02. The molecular formula is C9H13N5O2S. The van der Waals surface area contributed by atoms with Gasteiger partial charge < -0.3 is 4.90 Å². The minimum absolute atomic E-state index is 0.409. The minimum Gasteiger partial charge on any atom is -0.337 e. The van der Waals surface area contributed by atoms with Crippen LogP contribution in [0.2, 0.25) is 0 Å². The fraction of sp³-hybridized carbons (Fsp3) is 0.444. The summed E-state index contributed by atoms with van der Waals surface area (Å²) in [6, 6.07) is 0.